The highest BCUT2D eigenvalue weighted by atomic mass is 15.1. The van der Waals surface area contributed by atoms with Crippen LogP contribution in [-0.2, 0) is 0 Å². The molecule has 6 aromatic carbocycles. The van der Waals surface area contributed by atoms with Gasteiger partial charge in [0, 0.05) is 32.9 Å². The number of para-hydroxylation sites is 5. The van der Waals surface area contributed by atoms with Gasteiger partial charge in [0.1, 0.15) is 11.8 Å². The zero-order valence-corrected chi connectivity index (χ0v) is 22.1. The summed E-state index contributed by atoms with van der Waals surface area (Å²) in [6.07, 6.45) is 1.94. The molecule has 192 valence electrons. The Kier molecular flexibility index (Phi) is 4.58. The lowest BCUT2D eigenvalue weighted by molar-refractivity contribution is 1.09. The van der Waals surface area contributed by atoms with Gasteiger partial charge >= 0.3 is 0 Å². The molecule has 0 saturated carbocycles. The lowest BCUT2D eigenvalue weighted by atomic mass is 10.1. The Balaban J connectivity index is 1.47. The Hall–Kier alpha value is -5.61. The molecule has 0 aliphatic carbocycles. The third kappa shape index (κ3) is 3.07. The molecular formula is C37H24N4. The molecule has 0 atom stereocenters. The first-order valence-corrected chi connectivity index (χ1v) is 13.9. The Morgan fingerprint density at radius 3 is 1.83 bits per heavy atom. The molecule has 4 heteroatoms. The van der Waals surface area contributed by atoms with Gasteiger partial charge < -0.3 is 9.13 Å². The van der Waals surface area contributed by atoms with Gasteiger partial charge in [-0.2, -0.15) is 0 Å². The highest BCUT2D eigenvalue weighted by Gasteiger charge is 2.22. The van der Waals surface area contributed by atoms with E-state index in [0.717, 1.165) is 28.1 Å². The van der Waals surface area contributed by atoms with E-state index in [1.54, 1.807) is 0 Å². The molecule has 9 rings (SSSR count). The molecule has 4 nitrogen and oxygen atoms in total. The minimum atomic E-state index is 0.975. The summed E-state index contributed by atoms with van der Waals surface area (Å²) < 4.78 is 6.99. The second-order valence-corrected chi connectivity index (χ2v) is 10.5. The van der Waals surface area contributed by atoms with E-state index >= 15 is 0 Å². The summed E-state index contributed by atoms with van der Waals surface area (Å²) >= 11 is 0. The minimum absolute atomic E-state index is 0.975. The first-order valence-electron chi connectivity index (χ1n) is 13.9. The molecule has 3 heterocycles. The highest BCUT2D eigenvalue weighted by Crippen LogP contribution is 2.42. The molecule has 0 radical (unpaired) electrons. The summed E-state index contributed by atoms with van der Waals surface area (Å²) in [5, 5.41) is 4.96. The van der Waals surface area contributed by atoms with Crippen molar-refractivity contribution in [3.8, 4) is 17.1 Å². The van der Waals surface area contributed by atoms with Crippen LogP contribution in [0.2, 0.25) is 0 Å². The van der Waals surface area contributed by atoms with Gasteiger partial charge in [0.25, 0.3) is 0 Å². The van der Waals surface area contributed by atoms with E-state index in [-0.39, 0.29) is 0 Å². The van der Waals surface area contributed by atoms with Gasteiger partial charge in [-0.25, -0.2) is 4.98 Å². The third-order valence-corrected chi connectivity index (χ3v) is 8.31. The quantitative estimate of drug-likeness (QED) is 0.226. The van der Waals surface area contributed by atoms with Crippen LogP contribution in [0, 0.1) is 0 Å². The number of hydrogen-bond acceptors (Lipinski definition) is 1. The average Bonchev–Trinajstić information content (AvgIpc) is 3.72. The van der Waals surface area contributed by atoms with E-state index in [4.69, 9.17) is 4.98 Å². The monoisotopic (exact) mass is 524 g/mol. The summed E-state index contributed by atoms with van der Waals surface area (Å²) in [6.45, 7) is 0. The Bertz CT molecular complexity index is 2410. The standard InChI is InChI=1S/C37H24N4/c1-3-12-25(13-4-1)39-24-38-36-33(39)20-11-21-34(36)41-30-18-9-7-16-27(30)28-22-23-32-35(37(28)41)29-17-8-10-19-31(29)40(32)26-14-5-2-6-15-26/h1-24H. The molecule has 41 heavy (non-hydrogen) atoms. The average molecular weight is 525 g/mol. The van der Waals surface area contributed by atoms with Crippen molar-refractivity contribution in [2.45, 2.75) is 0 Å². The molecule has 0 amide bonds. The summed E-state index contributed by atoms with van der Waals surface area (Å²) in [5.74, 6) is 0. The van der Waals surface area contributed by atoms with Gasteiger partial charge in [0.2, 0.25) is 0 Å². The van der Waals surface area contributed by atoms with Crippen molar-refractivity contribution in [3.05, 3.63) is 146 Å². The number of hydrogen-bond donors (Lipinski definition) is 0. The summed E-state index contributed by atoms with van der Waals surface area (Å²) in [7, 11) is 0. The van der Waals surface area contributed by atoms with Crippen LogP contribution in [0.1, 0.15) is 0 Å². The maximum absolute atomic E-state index is 5.00. The van der Waals surface area contributed by atoms with Crippen LogP contribution in [0.4, 0.5) is 0 Å². The van der Waals surface area contributed by atoms with Crippen LogP contribution < -0.4 is 0 Å². The molecule has 3 aromatic heterocycles. The number of aromatic nitrogens is 4. The molecule has 0 fully saturated rings. The third-order valence-electron chi connectivity index (χ3n) is 8.31. The number of rotatable bonds is 3. The van der Waals surface area contributed by atoms with Gasteiger partial charge in [-0.3, -0.25) is 4.57 Å². The van der Waals surface area contributed by atoms with Crippen molar-refractivity contribution in [1.29, 1.82) is 0 Å². The van der Waals surface area contributed by atoms with Gasteiger partial charge in [-0.05, 0) is 54.6 Å². The van der Waals surface area contributed by atoms with Crippen molar-refractivity contribution in [2.24, 2.45) is 0 Å². The zero-order chi connectivity index (χ0) is 26.9. The van der Waals surface area contributed by atoms with E-state index in [1.807, 2.05) is 12.4 Å². The van der Waals surface area contributed by atoms with E-state index in [0.29, 0.717) is 0 Å². The smallest absolute Gasteiger partial charge is 0.113 e. The van der Waals surface area contributed by atoms with Crippen molar-refractivity contribution in [2.75, 3.05) is 0 Å². The first-order chi connectivity index (χ1) is 20.4. The summed E-state index contributed by atoms with van der Waals surface area (Å²) in [6, 6.07) is 49.6. The van der Waals surface area contributed by atoms with E-state index in [1.165, 1.54) is 43.6 Å². The Labute approximate surface area is 235 Å². The topological polar surface area (TPSA) is 27.7 Å². The van der Waals surface area contributed by atoms with Gasteiger partial charge in [0.05, 0.1) is 33.3 Å². The fraction of sp³-hybridized carbons (Fsp3) is 0. The second-order valence-electron chi connectivity index (χ2n) is 10.5. The molecule has 9 aromatic rings. The first kappa shape index (κ1) is 22.2. The van der Waals surface area contributed by atoms with Crippen molar-refractivity contribution in [1.82, 2.24) is 18.7 Å². The normalized spacial score (nSPS) is 11.9. The lowest BCUT2D eigenvalue weighted by Gasteiger charge is -2.11. The molecule has 0 aliphatic heterocycles. The predicted molar refractivity (Wildman–Crippen MR) is 170 cm³/mol. The molecule has 0 unspecified atom stereocenters. The fourth-order valence-electron chi connectivity index (χ4n) is 6.61. The Morgan fingerprint density at radius 1 is 0.415 bits per heavy atom. The SMILES string of the molecule is c1ccc(-n2cnc3c(-n4c5ccccc5c5ccc6c(c7ccccc7n6-c6ccccc6)c54)cccc32)cc1. The minimum Gasteiger partial charge on any atom is -0.309 e. The van der Waals surface area contributed by atoms with Gasteiger partial charge in [0.15, 0.2) is 0 Å². The van der Waals surface area contributed by atoms with Crippen LogP contribution in [0.3, 0.4) is 0 Å². The van der Waals surface area contributed by atoms with Crippen LogP contribution >= 0.6 is 0 Å². The Morgan fingerprint density at radius 2 is 1.05 bits per heavy atom. The maximum Gasteiger partial charge on any atom is 0.113 e. The highest BCUT2D eigenvalue weighted by molar-refractivity contribution is 6.26. The predicted octanol–water partition coefficient (Wildman–Crippen LogP) is 9.22. The second kappa shape index (κ2) is 8.44. The maximum atomic E-state index is 5.00. The van der Waals surface area contributed by atoms with Crippen molar-refractivity contribution in [3.63, 3.8) is 0 Å². The molecule has 0 spiro atoms. The van der Waals surface area contributed by atoms with Crippen molar-refractivity contribution < 1.29 is 0 Å². The van der Waals surface area contributed by atoms with Crippen molar-refractivity contribution >= 4 is 54.6 Å². The van der Waals surface area contributed by atoms with E-state index in [2.05, 4.69) is 147 Å². The van der Waals surface area contributed by atoms with Crippen LogP contribution in [0.25, 0.3) is 71.7 Å². The molecule has 0 aliphatic rings. The molecule has 0 saturated heterocycles. The van der Waals surface area contributed by atoms with Crippen LogP contribution in [-0.4, -0.2) is 18.7 Å². The van der Waals surface area contributed by atoms with Crippen LogP contribution in [0.15, 0.2) is 146 Å². The molecule has 0 bridgehead atoms. The fourth-order valence-corrected chi connectivity index (χ4v) is 6.61. The largest absolute Gasteiger partial charge is 0.309 e. The number of fused-ring (bicyclic) bond motifs is 8. The molecule has 0 N–H and O–H groups in total. The lowest BCUT2D eigenvalue weighted by Crippen LogP contribution is -1.97. The van der Waals surface area contributed by atoms with Gasteiger partial charge in [-0.15, -0.1) is 0 Å². The zero-order valence-electron chi connectivity index (χ0n) is 22.1. The summed E-state index contributed by atoms with van der Waals surface area (Å²) in [4.78, 5) is 5.00. The van der Waals surface area contributed by atoms with E-state index < -0.39 is 0 Å². The summed E-state index contributed by atoms with van der Waals surface area (Å²) in [5.41, 5.74) is 10.2. The molecular weight excluding hydrogens is 500 g/mol. The van der Waals surface area contributed by atoms with E-state index in [9.17, 15) is 0 Å². The number of nitrogens with zero attached hydrogens (tertiary/aromatic N) is 4. The number of benzene rings is 6. The van der Waals surface area contributed by atoms with Gasteiger partial charge in [-0.1, -0.05) is 84.9 Å². The number of imidazole rings is 1. The van der Waals surface area contributed by atoms with Crippen LogP contribution in [0.5, 0.6) is 0 Å².